The van der Waals surface area contributed by atoms with Gasteiger partial charge in [-0.3, -0.25) is 9.11 Å². The van der Waals surface area contributed by atoms with E-state index in [4.69, 9.17) is 13.3 Å². The van der Waals surface area contributed by atoms with Gasteiger partial charge in [-0.1, -0.05) is 0 Å². The lowest BCUT2D eigenvalue weighted by Gasteiger charge is -1.59. The van der Waals surface area contributed by atoms with Gasteiger partial charge in [0.05, 0.1) is 0 Å². The number of nitrogens with one attached hydrogen (secondary N) is 1. The maximum Gasteiger partial charge on any atom is 0.299 e. The molecule has 0 radical (unpaired) electrons. The summed E-state index contributed by atoms with van der Waals surface area (Å²) in [4.78, 5) is 2.86. The van der Waals surface area contributed by atoms with Crippen LogP contribution in [-0.2, 0) is 11.4 Å². The third-order valence-electron chi connectivity index (χ3n) is 0.496. The largest absolute Gasteiger partial charge is 0.368 e. The van der Waals surface area contributed by atoms with Crippen molar-refractivity contribution >= 4 is 11.4 Å². The predicted octanol–water partition coefficient (Wildman–Crippen LogP) is 0.696. The maximum absolute atomic E-state index is 8.67. The molecule has 0 aliphatic heterocycles. The molecule has 0 amide bonds. The Balaban J connectivity index is 0.000000148. The summed E-state index contributed by atoms with van der Waals surface area (Å²) in [5, 5.41) is 0. The molecule has 0 aliphatic carbocycles. The summed E-state index contributed by atoms with van der Waals surface area (Å²) in [6, 6.07) is 3.89. The van der Waals surface area contributed by atoms with Gasteiger partial charge < -0.3 is 4.98 Å². The molecule has 1 aromatic heterocycles. The normalized spacial score (nSPS) is 8.33. The Bertz CT molecular complexity index is 130. The minimum Gasteiger partial charge on any atom is -0.368 e. The zero-order valence-corrected chi connectivity index (χ0v) is 5.34. The summed E-state index contributed by atoms with van der Waals surface area (Å²) in [5.74, 6) is 0. The summed E-state index contributed by atoms with van der Waals surface area (Å²) in [5.41, 5.74) is 0. The first kappa shape index (κ1) is 8.35. The summed E-state index contributed by atoms with van der Waals surface area (Å²) < 4.78 is 22.8. The Kier molecular flexibility index (Phi) is 5.09. The first-order chi connectivity index (χ1) is 4.23. The Morgan fingerprint density at radius 2 is 1.56 bits per heavy atom. The van der Waals surface area contributed by atoms with Crippen molar-refractivity contribution < 1.29 is 13.3 Å². The molecule has 0 aromatic carbocycles. The van der Waals surface area contributed by atoms with Crippen LogP contribution in [0.4, 0.5) is 0 Å². The standard InChI is InChI=1S/C4H5N.H2O3S/c1-2-4-5-3-1;1-4(2)3/h1-5H;(H2,1,2,3). The van der Waals surface area contributed by atoms with Crippen molar-refractivity contribution in [3.63, 3.8) is 0 Å². The topological polar surface area (TPSA) is 73.3 Å². The minimum absolute atomic E-state index is 1.88. The van der Waals surface area contributed by atoms with Crippen LogP contribution in [0.3, 0.4) is 0 Å². The van der Waals surface area contributed by atoms with Gasteiger partial charge in [-0.05, 0) is 12.1 Å². The Morgan fingerprint density at radius 3 is 1.67 bits per heavy atom. The van der Waals surface area contributed by atoms with Crippen LogP contribution < -0.4 is 0 Å². The number of hydrogen-bond donors (Lipinski definition) is 3. The molecule has 9 heavy (non-hydrogen) atoms. The highest BCUT2D eigenvalue weighted by molar-refractivity contribution is 7.73. The Hall–Kier alpha value is -0.650. The third kappa shape index (κ3) is 11.1. The highest BCUT2D eigenvalue weighted by atomic mass is 32.2. The van der Waals surface area contributed by atoms with Gasteiger partial charge in [0.2, 0.25) is 0 Å². The number of aromatic nitrogens is 1. The van der Waals surface area contributed by atoms with Gasteiger partial charge >= 0.3 is 0 Å². The molecule has 0 spiro atoms. The van der Waals surface area contributed by atoms with Crippen LogP contribution in [0.2, 0.25) is 0 Å². The van der Waals surface area contributed by atoms with Gasteiger partial charge in [0.1, 0.15) is 0 Å². The quantitative estimate of drug-likeness (QED) is 0.475. The first-order valence-corrected chi connectivity index (χ1v) is 3.17. The van der Waals surface area contributed by atoms with Crippen LogP contribution >= 0.6 is 0 Å². The van der Waals surface area contributed by atoms with Crippen molar-refractivity contribution in [3.05, 3.63) is 24.5 Å². The monoisotopic (exact) mass is 149 g/mol. The van der Waals surface area contributed by atoms with Crippen LogP contribution in [-0.4, -0.2) is 18.3 Å². The molecule has 1 rings (SSSR count). The average Bonchev–Trinajstić information content (AvgIpc) is 2.11. The first-order valence-electron chi connectivity index (χ1n) is 2.11. The van der Waals surface area contributed by atoms with Crippen molar-refractivity contribution in [1.29, 1.82) is 0 Å². The Morgan fingerprint density at radius 1 is 1.22 bits per heavy atom. The van der Waals surface area contributed by atoms with Crippen LogP contribution in [0, 0.1) is 0 Å². The molecule has 1 aromatic rings. The molecule has 4 nitrogen and oxygen atoms in total. The molecule has 1 heterocycles. The van der Waals surface area contributed by atoms with E-state index in [9.17, 15) is 0 Å². The molecule has 52 valence electrons. The van der Waals surface area contributed by atoms with Crippen molar-refractivity contribution in [3.8, 4) is 0 Å². The van der Waals surface area contributed by atoms with E-state index in [0.29, 0.717) is 0 Å². The van der Waals surface area contributed by atoms with E-state index >= 15 is 0 Å². The second-order valence-corrected chi connectivity index (χ2v) is 1.58. The SMILES string of the molecule is O=S(O)O.c1cc[nH]c1. The molecule has 3 N–H and O–H groups in total. The summed E-state index contributed by atoms with van der Waals surface area (Å²) in [7, 11) is 0. The zero-order chi connectivity index (χ0) is 7.11. The highest BCUT2D eigenvalue weighted by Gasteiger charge is 1.62. The maximum atomic E-state index is 8.67. The zero-order valence-electron chi connectivity index (χ0n) is 4.52. The van der Waals surface area contributed by atoms with E-state index in [0.717, 1.165) is 0 Å². The van der Waals surface area contributed by atoms with Crippen molar-refractivity contribution in [2.45, 2.75) is 0 Å². The molecular formula is C4H7NO3S. The average molecular weight is 149 g/mol. The lowest BCUT2D eigenvalue weighted by Crippen LogP contribution is -1.74. The molecule has 0 unspecified atom stereocenters. The van der Waals surface area contributed by atoms with Crippen LogP contribution in [0.1, 0.15) is 0 Å². The molecule has 0 saturated carbocycles. The van der Waals surface area contributed by atoms with Crippen molar-refractivity contribution in [2.24, 2.45) is 0 Å². The number of rotatable bonds is 0. The second-order valence-electron chi connectivity index (χ2n) is 1.12. The smallest absolute Gasteiger partial charge is 0.299 e. The van der Waals surface area contributed by atoms with Gasteiger partial charge in [0, 0.05) is 12.4 Å². The van der Waals surface area contributed by atoms with Gasteiger partial charge in [-0.15, -0.1) is 0 Å². The number of aromatic amines is 1. The molecular weight excluding hydrogens is 142 g/mol. The van der Waals surface area contributed by atoms with Gasteiger partial charge in [-0.2, -0.15) is 4.21 Å². The van der Waals surface area contributed by atoms with Gasteiger partial charge in [-0.25, -0.2) is 0 Å². The third-order valence-corrected chi connectivity index (χ3v) is 0.496. The fourth-order valence-corrected chi connectivity index (χ4v) is 0.278. The number of hydrogen-bond acceptors (Lipinski definition) is 1. The predicted molar refractivity (Wildman–Crippen MR) is 34.2 cm³/mol. The molecule has 5 heteroatoms. The summed E-state index contributed by atoms with van der Waals surface area (Å²) in [6.45, 7) is 0. The van der Waals surface area contributed by atoms with Gasteiger partial charge in [0.25, 0.3) is 11.4 Å². The minimum atomic E-state index is -2.61. The Labute approximate surface area is 55.0 Å². The van der Waals surface area contributed by atoms with E-state index in [1.165, 1.54) is 0 Å². The van der Waals surface area contributed by atoms with E-state index in [1.807, 2.05) is 24.5 Å². The van der Waals surface area contributed by atoms with Crippen molar-refractivity contribution in [2.75, 3.05) is 0 Å². The summed E-state index contributed by atoms with van der Waals surface area (Å²) in [6.07, 6.45) is 3.75. The second kappa shape index (κ2) is 5.49. The lowest BCUT2D eigenvalue weighted by atomic mass is 10.7. The van der Waals surface area contributed by atoms with E-state index < -0.39 is 11.4 Å². The van der Waals surface area contributed by atoms with Gasteiger partial charge in [0.15, 0.2) is 0 Å². The molecule has 0 aliphatic rings. The molecule has 0 fully saturated rings. The number of H-pyrrole nitrogens is 1. The van der Waals surface area contributed by atoms with E-state index in [1.54, 1.807) is 0 Å². The molecule has 0 atom stereocenters. The lowest BCUT2D eigenvalue weighted by molar-refractivity contribution is 0.454. The van der Waals surface area contributed by atoms with Crippen LogP contribution in [0.15, 0.2) is 24.5 Å². The molecule has 0 saturated heterocycles. The fourth-order valence-electron chi connectivity index (χ4n) is 0.278. The van der Waals surface area contributed by atoms with E-state index in [-0.39, 0.29) is 0 Å². The van der Waals surface area contributed by atoms with E-state index in [2.05, 4.69) is 4.98 Å². The molecule has 0 bridgehead atoms. The highest BCUT2D eigenvalue weighted by Crippen LogP contribution is 1.72. The van der Waals surface area contributed by atoms with Crippen molar-refractivity contribution in [1.82, 2.24) is 4.98 Å². The summed E-state index contributed by atoms with van der Waals surface area (Å²) >= 11 is -2.61. The van der Waals surface area contributed by atoms with Crippen LogP contribution in [0.25, 0.3) is 0 Å². The van der Waals surface area contributed by atoms with Crippen LogP contribution in [0.5, 0.6) is 0 Å². The fraction of sp³-hybridized carbons (Fsp3) is 0.